The van der Waals surface area contributed by atoms with Gasteiger partial charge in [-0.1, -0.05) is 12.1 Å². The quantitative estimate of drug-likeness (QED) is 0.481. The van der Waals surface area contributed by atoms with E-state index in [0.29, 0.717) is 17.2 Å². The molecule has 6 heteroatoms. The fourth-order valence-corrected chi connectivity index (χ4v) is 2.21. The zero-order chi connectivity index (χ0) is 17.7. The molecule has 0 atom stereocenters. The molecule has 0 fully saturated rings. The topological polar surface area (TPSA) is 91.0 Å². The predicted octanol–water partition coefficient (Wildman–Crippen LogP) is 2.90. The summed E-state index contributed by atoms with van der Waals surface area (Å²) in [5.41, 5.74) is 7.10. The van der Waals surface area contributed by atoms with Crippen molar-refractivity contribution < 1.29 is 24.1 Å². The first-order chi connectivity index (χ1) is 11.5. The van der Waals surface area contributed by atoms with E-state index in [4.69, 9.17) is 19.9 Å². The van der Waals surface area contributed by atoms with Crippen LogP contribution in [0.15, 0.2) is 36.4 Å². The van der Waals surface area contributed by atoms with Crippen molar-refractivity contribution in [1.82, 2.24) is 0 Å². The zero-order valence-corrected chi connectivity index (χ0v) is 13.7. The fourth-order valence-electron chi connectivity index (χ4n) is 2.21. The SMILES string of the molecule is COc1cc(O)c(C(=O)/C=C/c2ccc(OC)c(N)c2)c(OC)c1. The van der Waals surface area contributed by atoms with E-state index in [-0.39, 0.29) is 17.1 Å². The van der Waals surface area contributed by atoms with E-state index >= 15 is 0 Å². The van der Waals surface area contributed by atoms with Crippen LogP contribution in [-0.4, -0.2) is 32.2 Å². The lowest BCUT2D eigenvalue weighted by Crippen LogP contribution is -2.00. The molecule has 2 aromatic rings. The maximum atomic E-state index is 12.4. The number of hydrogen-bond donors (Lipinski definition) is 2. The van der Waals surface area contributed by atoms with E-state index in [1.165, 1.54) is 39.5 Å². The second-order valence-corrected chi connectivity index (χ2v) is 4.92. The molecular formula is C18H19NO5. The highest BCUT2D eigenvalue weighted by Gasteiger charge is 2.17. The lowest BCUT2D eigenvalue weighted by molar-refractivity contribution is 0.104. The lowest BCUT2D eigenvalue weighted by Gasteiger charge is -2.10. The van der Waals surface area contributed by atoms with Crippen molar-refractivity contribution in [2.24, 2.45) is 0 Å². The largest absolute Gasteiger partial charge is 0.507 e. The normalized spacial score (nSPS) is 10.6. The van der Waals surface area contributed by atoms with Gasteiger partial charge in [0.15, 0.2) is 5.78 Å². The molecule has 126 valence electrons. The maximum absolute atomic E-state index is 12.4. The first-order valence-corrected chi connectivity index (χ1v) is 7.11. The fraction of sp³-hybridized carbons (Fsp3) is 0.167. The maximum Gasteiger partial charge on any atom is 0.193 e. The van der Waals surface area contributed by atoms with Crippen LogP contribution in [0.5, 0.6) is 23.0 Å². The molecule has 0 aromatic heterocycles. The number of nitrogen functional groups attached to an aromatic ring is 1. The Hall–Kier alpha value is -3.15. The van der Waals surface area contributed by atoms with E-state index in [2.05, 4.69) is 0 Å². The highest BCUT2D eigenvalue weighted by Crippen LogP contribution is 2.34. The Bertz CT molecular complexity index is 783. The third-order valence-corrected chi connectivity index (χ3v) is 3.44. The molecule has 0 unspecified atom stereocenters. The molecule has 2 rings (SSSR count). The summed E-state index contributed by atoms with van der Waals surface area (Å²) in [5, 5.41) is 10.1. The van der Waals surface area contributed by atoms with Gasteiger partial charge in [0.1, 0.15) is 28.6 Å². The number of nitrogens with two attached hydrogens (primary N) is 1. The van der Waals surface area contributed by atoms with Gasteiger partial charge < -0.3 is 25.1 Å². The third-order valence-electron chi connectivity index (χ3n) is 3.44. The Labute approximate surface area is 140 Å². The Balaban J connectivity index is 2.31. The molecule has 2 aromatic carbocycles. The van der Waals surface area contributed by atoms with Crippen molar-refractivity contribution >= 4 is 17.5 Å². The number of anilines is 1. The zero-order valence-electron chi connectivity index (χ0n) is 13.7. The van der Waals surface area contributed by atoms with E-state index in [1.54, 1.807) is 24.3 Å². The number of ether oxygens (including phenoxy) is 3. The van der Waals surface area contributed by atoms with Gasteiger partial charge in [0.25, 0.3) is 0 Å². The highest BCUT2D eigenvalue weighted by atomic mass is 16.5. The third kappa shape index (κ3) is 3.60. The van der Waals surface area contributed by atoms with Gasteiger partial charge in [0.2, 0.25) is 0 Å². The summed E-state index contributed by atoms with van der Waals surface area (Å²) in [6.45, 7) is 0. The van der Waals surface area contributed by atoms with Crippen molar-refractivity contribution in [1.29, 1.82) is 0 Å². The number of hydrogen-bond acceptors (Lipinski definition) is 6. The number of methoxy groups -OCH3 is 3. The summed E-state index contributed by atoms with van der Waals surface area (Å²) in [7, 11) is 4.41. The van der Waals surface area contributed by atoms with Gasteiger partial charge in [-0.05, 0) is 23.8 Å². The van der Waals surface area contributed by atoms with Crippen molar-refractivity contribution in [3.05, 3.63) is 47.5 Å². The molecule has 0 saturated heterocycles. The molecule has 0 aliphatic heterocycles. The first-order valence-electron chi connectivity index (χ1n) is 7.11. The van der Waals surface area contributed by atoms with Crippen LogP contribution in [0.4, 0.5) is 5.69 Å². The summed E-state index contributed by atoms with van der Waals surface area (Å²) >= 11 is 0. The monoisotopic (exact) mass is 329 g/mol. The van der Waals surface area contributed by atoms with Crippen molar-refractivity contribution in [3.8, 4) is 23.0 Å². The molecular weight excluding hydrogens is 310 g/mol. The van der Waals surface area contributed by atoms with Crippen LogP contribution >= 0.6 is 0 Å². The minimum Gasteiger partial charge on any atom is -0.507 e. The molecule has 0 amide bonds. The molecule has 0 bridgehead atoms. The van der Waals surface area contributed by atoms with E-state index in [1.807, 2.05) is 0 Å². The standard InChI is InChI=1S/C18H19NO5/c1-22-12-9-15(21)18(17(10-12)24-3)14(20)6-4-11-5-7-16(23-2)13(19)8-11/h4-10,21H,19H2,1-3H3/b6-4+. The molecule has 0 aliphatic carbocycles. The van der Waals surface area contributed by atoms with Crippen LogP contribution in [0.3, 0.4) is 0 Å². The van der Waals surface area contributed by atoms with Gasteiger partial charge >= 0.3 is 0 Å². The van der Waals surface area contributed by atoms with Gasteiger partial charge in [0, 0.05) is 12.1 Å². The average molecular weight is 329 g/mol. The summed E-state index contributed by atoms with van der Waals surface area (Å²) in [6, 6.07) is 8.06. The summed E-state index contributed by atoms with van der Waals surface area (Å²) in [4.78, 5) is 12.4. The number of phenols is 1. The molecule has 24 heavy (non-hydrogen) atoms. The van der Waals surface area contributed by atoms with Crippen molar-refractivity contribution in [2.45, 2.75) is 0 Å². The Morgan fingerprint density at radius 3 is 2.33 bits per heavy atom. The molecule has 0 spiro atoms. The van der Waals surface area contributed by atoms with Gasteiger partial charge in [-0.15, -0.1) is 0 Å². The summed E-state index contributed by atoms with van der Waals surface area (Å²) in [6.07, 6.45) is 2.94. The Kier molecular flexibility index (Phi) is 5.31. The number of aromatic hydroxyl groups is 1. The number of benzene rings is 2. The van der Waals surface area contributed by atoms with Crippen LogP contribution in [0.2, 0.25) is 0 Å². The van der Waals surface area contributed by atoms with Gasteiger partial charge in [-0.3, -0.25) is 4.79 Å². The highest BCUT2D eigenvalue weighted by molar-refractivity contribution is 6.10. The summed E-state index contributed by atoms with van der Waals surface area (Å²) in [5.74, 6) is 0.577. The first kappa shape index (κ1) is 17.2. The average Bonchev–Trinajstić information content (AvgIpc) is 2.58. The Morgan fingerprint density at radius 2 is 1.75 bits per heavy atom. The van der Waals surface area contributed by atoms with Crippen LogP contribution in [0.1, 0.15) is 15.9 Å². The summed E-state index contributed by atoms with van der Waals surface area (Å²) < 4.78 is 15.3. The number of carbonyl (C=O) groups is 1. The molecule has 6 nitrogen and oxygen atoms in total. The number of phenolic OH excluding ortho intramolecular Hbond substituents is 1. The van der Waals surface area contributed by atoms with Crippen LogP contribution in [-0.2, 0) is 0 Å². The van der Waals surface area contributed by atoms with Crippen LogP contribution in [0, 0.1) is 0 Å². The van der Waals surface area contributed by atoms with Gasteiger partial charge in [-0.25, -0.2) is 0 Å². The Morgan fingerprint density at radius 1 is 1.04 bits per heavy atom. The van der Waals surface area contributed by atoms with Crippen molar-refractivity contribution in [3.63, 3.8) is 0 Å². The second kappa shape index (κ2) is 7.41. The smallest absolute Gasteiger partial charge is 0.193 e. The number of allylic oxidation sites excluding steroid dienone is 1. The lowest BCUT2D eigenvalue weighted by atomic mass is 10.1. The molecule has 0 saturated carbocycles. The molecule has 0 heterocycles. The number of carbonyl (C=O) groups excluding carboxylic acids is 1. The van der Waals surface area contributed by atoms with Crippen LogP contribution in [0.25, 0.3) is 6.08 Å². The minimum atomic E-state index is -0.401. The van der Waals surface area contributed by atoms with E-state index < -0.39 is 5.78 Å². The van der Waals surface area contributed by atoms with Crippen molar-refractivity contribution in [2.75, 3.05) is 27.1 Å². The van der Waals surface area contributed by atoms with E-state index in [9.17, 15) is 9.90 Å². The minimum absolute atomic E-state index is 0.0658. The second-order valence-electron chi connectivity index (χ2n) is 4.92. The number of ketones is 1. The number of rotatable bonds is 6. The van der Waals surface area contributed by atoms with E-state index in [0.717, 1.165) is 5.56 Å². The molecule has 0 radical (unpaired) electrons. The van der Waals surface area contributed by atoms with Crippen LogP contribution < -0.4 is 19.9 Å². The molecule has 3 N–H and O–H groups in total. The van der Waals surface area contributed by atoms with Gasteiger partial charge in [0.05, 0.1) is 27.0 Å². The van der Waals surface area contributed by atoms with Gasteiger partial charge in [-0.2, -0.15) is 0 Å². The molecule has 0 aliphatic rings. The predicted molar refractivity (Wildman–Crippen MR) is 92.0 cm³/mol.